The van der Waals surface area contributed by atoms with Crippen molar-refractivity contribution in [3.8, 4) is 0 Å². The summed E-state index contributed by atoms with van der Waals surface area (Å²) in [6.45, 7) is 2.32. The van der Waals surface area contributed by atoms with Crippen LogP contribution in [-0.4, -0.2) is 33.8 Å². The molecule has 1 saturated heterocycles. The van der Waals surface area contributed by atoms with Gasteiger partial charge in [-0.3, -0.25) is 0 Å². The number of para-hydroxylation sites is 1. The zero-order chi connectivity index (χ0) is 13.2. The molecule has 0 unspecified atom stereocenters. The largest absolute Gasteiger partial charge is 0.465 e. The maximum Gasteiger partial charge on any atom is 0.407 e. The molecule has 0 saturated carbocycles. The highest BCUT2D eigenvalue weighted by atomic mass is 16.4. The first kappa shape index (κ1) is 12.1. The van der Waals surface area contributed by atoms with E-state index in [2.05, 4.69) is 41.1 Å². The second kappa shape index (κ2) is 4.96. The average molecular weight is 258 g/mol. The van der Waals surface area contributed by atoms with Crippen LogP contribution < -0.4 is 0 Å². The maximum atomic E-state index is 10.9. The minimum atomic E-state index is -0.787. The third kappa shape index (κ3) is 2.43. The summed E-state index contributed by atoms with van der Waals surface area (Å²) in [5.74, 6) is 0.575. The van der Waals surface area contributed by atoms with Crippen LogP contribution in [0.3, 0.4) is 0 Å². The maximum absolute atomic E-state index is 10.9. The molecular weight excluding hydrogens is 240 g/mol. The zero-order valence-electron chi connectivity index (χ0n) is 10.8. The molecule has 2 heterocycles. The molecule has 0 bridgehead atoms. The summed E-state index contributed by atoms with van der Waals surface area (Å²) >= 11 is 0. The van der Waals surface area contributed by atoms with Crippen molar-refractivity contribution in [2.45, 2.75) is 19.4 Å². The van der Waals surface area contributed by atoms with Crippen molar-refractivity contribution in [3.05, 3.63) is 36.5 Å². The highest BCUT2D eigenvalue weighted by molar-refractivity contribution is 5.79. The highest BCUT2D eigenvalue weighted by Crippen LogP contribution is 2.22. The van der Waals surface area contributed by atoms with Gasteiger partial charge in [0.15, 0.2) is 0 Å². The number of carbonyl (C=O) groups is 1. The van der Waals surface area contributed by atoms with E-state index in [4.69, 9.17) is 5.11 Å². The van der Waals surface area contributed by atoms with E-state index in [0.29, 0.717) is 19.0 Å². The van der Waals surface area contributed by atoms with Gasteiger partial charge < -0.3 is 14.6 Å². The lowest BCUT2D eigenvalue weighted by molar-refractivity contribution is 0.122. The van der Waals surface area contributed by atoms with Gasteiger partial charge in [-0.25, -0.2) is 4.79 Å². The molecule has 19 heavy (non-hydrogen) atoms. The Morgan fingerprint density at radius 3 is 2.68 bits per heavy atom. The topological polar surface area (TPSA) is 45.5 Å². The Morgan fingerprint density at radius 2 is 1.95 bits per heavy atom. The third-order valence-electron chi connectivity index (χ3n) is 4.02. The Balaban J connectivity index is 1.68. The van der Waals surface area contributed by atoms with Gasteiger partial charge in [0.25, 0.3) is 0 Å². The quantitative estimate of drug-likeness (QED) is 0.900. The predicted molar refractivity (Wildman–Crippen MR) is 74.3 cm³/mol. The van der Waals surface area contributed by atoms with Gasteiger partial charge in [0.05, 0.1) is 0 Å². The Labute approximate surface area is 112 Å². The van der Waals surface area contributed by atoms with Gasteiger partial charge in [-0.2, -0.15) is 0 Å². The summed E-state index contributed by atoms with van der Waals surface area (Å²) in [5, 5.41) is 10.2. The first-order valence-corrected chi connectivity index (χ1v) is 6.76. The molecule has 1 amide bonds. The van der Waals surface area contributed by atoms with E-state index in [1.54, 1.807) is 0 Å². The fraction of sp³-hybridized carbons (Fsp3) is 0.400. The molecule has 1 aromatic heterocycles. The first-order chi connectivity index (χ1) is 9.24. The molecule has 1 aliphatic rings. The zero-order valence-corrected chi connectivity index (χ0v) is 10.8. The molecule has 0 aliphatic carbocycles. The van der Waals surface area contributed by atoms with Gasteiger partial charge in [-0.15, -0.1) is 0 Å². The Hall–Kier alpha value is -1.97. The molecule has 1 aliphatic heterocycles. The van der Waals surface area contributed by atoms with Gasteiger partial charge in [0.2, 0.25) is 0 Å². The molecule has 4 nitrogen and oxygen atoms in total. The fourth-order valence-electron chi connectivity index (χ4n) is 2.88. The van der Waals surface area contributed by atoms with Crippen molar-refractivity contribution in [2.24, 2.45) is 5.92 Å². The van der Waals surface area contributed by atoms with E-state index in [-0.39, 0.29) is 0 Å². The summed E-state index contributed by atoms with van der Waals surface area (Å²) in [6.07, 6.45) is 3.26. The second-order valence-electron chi connectivity index (χ2n) is 5.24. The summed E-state index contributed by atoms with van der Waals surface area (Å²) in [6, 6.07) is 10.5. The second-order valence-corrected chi connectivity index (χ2v) is 5.24. The highest BCUT2D eigenvalue weighted by Gasteiger charge is 2.22. The molecule has 0 atom stereocenters. The molecule has 1 fully saturated rings. The SMILES string of the molecule is O=C(O)N1CCC(Cn2ccc3ccccc32)CC1. The number of amides is 1. The van der Waals surface area contributed by atoms with Crippen molar-refractivity contribution in [1.29, 1.82) is 0 Å². The standard InChI is InChI=1S/C15H18N2O2/c18-15(19)16-8-5-12(6-9-16)11-17-10-7-13-3-1-2-4-14(13)17/h1-4,7,10,12H,5-6,8-9,11H2,(H,18,19). The molecule has 0 spiro atoms. The normalized spacial score (nSPS) is 16.9. The van der Waals surface area contributed by atoms with Crippen LogP contribution in [-0.2, 0) is 6.54 Å². The number of likely N-dealkylation sites (tertiary alicyclic amines) is 1. The molecule has 1 N–H and O–H groups in total. The van der Waals surface area contributed by atoms with Crippen molar-refractivity contribution in [1.82, 2.24) is 9.47 Å². The van der Waals surface area contributed by atoms with Crippen LogP contribution in [0.1, 0.15) is 12.8 Å². The lowest BCUT2D eigenvalue weighted by atomic mass is 9.97. The van der Waals surface area contributed by atoms with Gasteiger partial charge in [-0.1, -0.05) is 18.2 Å². The fourth-order valence-corrected chi connectivity index (χ4v) is 2.88. The van der Waals surface area contributed by atoms with Crippen LogP contribution >= 0.6 is 0 Å². The molecule has 2 aromatic rings. The number of carboxylic acid groups (broad SMARTS) is 1. The van der Waals surface area contributed by atoms with Gasteiger partial charge in [0.1, 0.15) is 0 Å². The summed E-state index contributed by atoms with van der Waals surface area (Å²) in [7, 11) is 0. The van der Waals surface area contributed by atoms with Crippen LogP contribution in [0.15, 0.2) is 36.5 Å². The smallest absolute Gasteiger partial charge is 0.407 e. The van der Waals surface area contributed by atoms with E-state index in [1.807, 2.05) is 0 Å². The molecule has 3 rings (SSSR count). The van der Waals surface area contributed by atoms with Crippen molar-refractivity contribution in [2.75, 3.05) is 13.1 Å². The molecule has 0 radical (unpaired) electrons. The third-order valence-corrected chi connectivity index (χ3v) is 4.02. The lowest BCUT2D eigenvalue weighted by Crippen LogP contribution is -2.38. The predicted octanol–water partition coefficient (Wildman–Crippen LogP) is 3.03. The number of hydrogen-bond acceptors (Lipinski definition) is 1. The number of nitrogens with zero attached hydrogens (tertiary/aromatic N) is 2. The minimum absolute atomic E-state index is 0.575. The van der Waals surface area contributed by atoms with Crippen LogP contribution in [0.5, 0.6) is 0 Å². The Bertz CT molecular complexity index is 583. The monoisotopic (exact) mass is 258 g/mol. The van der Waals surface area contributed by atoms with E-state index in [1.165, 1.54) is 15.8 Å². The van der Waals surface area contributed by atoms with Crippen molar-refractivity contribution < 1.29 is 9.90 Å². The number of benzene rings is 1. The van der Waals surface area contributed by atoms with Crippen LogP contribution in [0, 0.1) is 5.92 Å². The van der Waals surface area contributed by atoms with Crippen LogP contribution in [0.25, 0.3) is 10.9 Å². The number of hydrogen-bond donors (Lipinski definition) is 1. The summed E-state index contributed by atoms with van der Waals surface area (Å²) in [4.78, 5) is 12.4. The van der Waals surface area contributed by atoms with Gasteiger partial charge in [-0.05, 0) is 36.3 Å². The molecular formula is C15H18N2O2. The molecule has 100 valence electrons. The van der Waals surface area contributed by atoms with Gasteiger partial charge >= 0.3 is 6.09 Å². The van der Waals surface area contributed by atoms with Crippen molar-refractivity contribution >= 4 is 17.0 Å². The number of fused-ring (bicyclic) bond motifs is 1. The number of aromatic nitrogens is 1. The number of rotatable bonds is 2. The summed E-state index contributed by atoms with van der Waals surface area (Å²) in [5.41, 5.74) is 1.27. The van der Waals surface area contributed by atoms with E-state index in [0.717, 1.165) is 19.4 Å². The van der Waals surface area contributed by atoms with Crippen molar-refractivity contribution in [3.63, 3.8) is 0 Å². The van der Waals surface area contributed by atoms with E-state index >= 15 is 0 Å². The van der Waals surface area contributed by atoms with Crippen LogP contribution in [0.4, 0.5) is 4.79 Å². The first-order valence-electron chi connectivity index (χ1n) is 6.76. The van der Waals surface area contributed by atoms with Crippen LogP contribution in [0.2, 0.25) is 0 Å². The molecule has 1 aromatic carbocycles. The lowest BCUT2D eigenvalue weighted by Gasteiger charge is -2.30. The average Bonchev–Trinajstić information content (AvgIpc) is 2.83. The van der Waals surface area contributed by atoms with E-state index in [9.17, 15) is 4.79 Å². The number of piperidine rings is 1. The molecule has 4 heteroatoms. The Kier molecular flexibility index (Phi) is 3.15. The van der Waals surface area contributed by atoms with Gasteiger partial charge in [0, 0.05) is 31.3 Å². The minimum Gasteiger partial charge on any atom is -0.465 e. The summed E-state index contributed by atoms with van der Waals surface area (Å²) < 4.78 is 2.29. The Morgan fingerprint density at radius 1 is 1.21 bits per heavy atom. The van der Waals surface area contributed by atoms with E-state index < -0.39 is 6.09 Å².